The van der Waals surface area contributed by atoms with Gasteiger partial charge >= 0.3 is 0 Å². The number of thiophene rings is 1. The quantitative estimate of drug-likeness (QED) is 0.676. The van der Waals surface area contributed by atoms with Crippen LogP contribution in [-0.4, -0.2) is 29.0 Å². The maximum Gasteiger partial charge on any atom is 0.229 e. The number of benzene rings is 1. The Morgan fingerprint density at radius 1 is 1.07 bits per heavy atom. The van der Waals surface area contributed by atoms with Gasteiger partial charge in [0, 0.05) is 35.5 Å². The number of hydrogen-bond donors (Lipinski definition) is 2. The summed E-state index contributed by atoms with van der Waals surface area (Å²) in [6.45, 7) is 2.03. The minimum absolute atomic E-state index is 0.00999. The molecule has 3 aromatic rings. The van der Waals surface area contributed by atoms with E-state index in [4.69, 9.17) is 0 Å². The Balaban J connectivity index is 1.36. The molecular weight excluding hydrogens is 358 g/mol. The van der Waals surface area contributed by atoms with Crippen LogP contribution in [0.2, 0.25) is 0 Å². The predicted octanol–water partition coefficient (Wildman–Crippen LogP) is 4.06. The fourth-order valence-electron chi connectivity index (χ4n) is 3.05. The smallest absolute Gasteiger partial charge is 0.229 e. The largest absolute Gasteiger partial charge is 0.341 e. The van der Waals surface area contributed by atoms with Crippen LogP contribution in [0.5, 0.6) is 0 Å². The highest BCUT2D eigenvalue weighted by atomic mass is 32.1. The highest BCUT2D eigenvalue weighted by Gasteiger charge is 2.15. The monoisotopic (exact) mass is 379 g/mol. The fraction of sp³-hybridized carbons (Fsp3) is 0.250. The first-order valence-corrected chi connectivity index (χ1v) is 9.91. The Labute approximate surface area is 162 Å². The van der Waals surface area contributed by atoms with E-state index in [0.29, 0.717) is 6.42 Å². The van der Waals surface area contributed by atoms with E-state index in [1.165, 1.54) is 12.8 Å². The minimum atomic E-state index is -0.00999. The first-order valence-electron chi connectivity index (χ1n) is 9.03. The molecule has 1 aliphatic rings. The highest BCUT2D eigenvalue weighted by Crippen LogP contribution is 2.21. The molecule has 1 fully saturated rings. The lowest BCUT2D eigenvalue weighted by Crippen LogP contribution is -2.20. The molecule has 0 aliphatic carbocycles. The van der Waals surface area contributed by atoms with E-state index in [-0.39, 0.29) is 5.91 Å². The number of carbonyl (C=O) groups is 1. The molecule has 0 atom stereocenters. The average Bonchev–Trinajstić information content (AvgIpc) is 3.37. The van der Waals surface area contributed by atoms with Gasteiger partial charge in [0.15, 0.2) is 0 Å². The van der Waals surface area contributed by atoms with Gasteiger partial charge in [-0.25, -0.2) is 4.98 Å². The standard InChI is InChI=1S/C20H21N5OS/c26-19(14-17-4-3-13-27-17)23-16-7-5-15(6-8-16)22-18-9-10-21-20(24-18)25-11-1-2-12-25/h3-10,13H,1-2,11-12,14H2,(H,23,26)(H,21,22,24). The summed E-state index contributed by atoms with van der Waals surface area (Å²) >= 11 is 1.59. The summed E-state index contributed by atoms with van der Waals surface area (Å²) in [7, 11) is 0. The lowest BCUT2D eigenvalue weighted by atomic mass is 10.2. The van der Waals surface area contributed by atoms with E-state index in [0.717, 1.165) is 41.1 Å². The van der Waals surface area contributed by atoms with Crippen molar-refractivity contribution >= 4 is 40.4 Å². The van der Waals surface area contributed by atoms with Crippen LogP contribution in [0.3, 0.4) is 0 Å². The third-order valence-corrected chi connectivity index (χ3v) is 5.26. The Bertz CT molecular complexity index is 889. The van der Waals surface area contributed by atoms with E-state index in [1.807, 2.05) is 47.8 Å². The zero-order valence-corrected chi connectivity index (χ0v) is 15.7. The number of carbonyl (C=O) groups excluding carboxylic acids is 1. The van der Waals surface area contributed by atoms with Gasteiger partial charge in [-0.15, -0.1) is 11.3 Å². The van der Waals surface area contributed by atoms with Crippen LogP contribution in [0.4, 0.5) is 23.1 Å². The molecule has 2 aromatic heterocycles. The molecule has 138 valence electrons. The number of aromatic nitrogens is 2. The van der Waals surface area contributed by atoms with Gasteiger partial charge in [-0.2, -0.15) is 4.98 Å². The van der Waals surface area contributed by atoms with Crippen molar-refractivity contribution in [1.29, 1.82) is 0 Å². The minimum Gasteiger partial charge on any atom is -0.341 e. The number of anilines is 4. The first-order chi connectivity index (χ1) is 13.3. The molecule has 7 heteroatoms. The van der Waals surface area contributed by atoms with Gasteiger partial charge in [0.2, 0.25) is 11.9 Å². The van der Waals surface area contributed by atoms with Crippen molar-refractivity contribution in [3.05, 3.63) is 58.9 Å². The second-order valence-corrected chi connectivity index (χ2v) is 7.47. The summed E-state index contributed by atoms with van der Waals surface area (Å²) < 4.78 is 0. The molecular formula is C20H21N5OS. The van der Waals surface area contributed by atoms with Crippen LogP contribution in [0, 0.1) is 0 Å². The van der Waals surface area contributed by atoms with Gasteiger partial charge in [-0.3, -0.25) is 4.79 Å². The normalized spacial score (nSPS) is 13.6. The topological polar surface area (TPSA) is 70.2 Å². The molecule has 1 saturated heterocycles. The second-order valence-electron chi connectivity index (χ2n) is 6.44. The molecule has 0 saturated carbocycles. The molecule has 0 bridgehead atoms. The Morgan fingerprint density at radius 2 is 1.85 bits per heavy atom. The molecule has 1 amide bonds. The highest BCUT2D eigenvalue weighted by molar-refractivity contribution is 7.10. The molecule has 0 spiro atoms. The van der Waals surface area contributed by atoms with Crippen molar-refractivity contribution in [2.24, 2.45) is 0 Å². The van der Waals surface area contributed by atoms with E-state index in [1.54, 1.807) is 17.5 Å². The molecule has 1 aliphatic heterocycles. The molecule has 6 nitrogen and oxygen atoms in total. The van der Waals surface area contributed by atoms with Crippen LogP contribution in [-0.2, 0) is 11.2 Å². The van der Waals surface area contributed by atoms with Crippen molar-refractivity contribution in [1.82, 2.24) is 9.97 Å². The van der Waals surface area contributed by atoms with Crippen LogP contribution in [0.15, 0.2) is 54.0 Å². The van der Waals surface area contributed by atoms with E-state index < -0.39 is 0 Å². The van der Waals surface area contributed by atoms with Crippen LogP contribution < -0.4 is 15.5 Å². The summed E-state index contributed by atoms with van der Waals surface area (Å²) in [5.74, 6) is 1.53. The summed E-state index contributed by atoms with van der Waals surface area (Å²) in [5.41, 5.74) is 1.69. The SMILES string of the molecule is O=C(Cc1cccs1)Nc1ccc(Nc2ccnc(N3CCCC3)n2)cc1. The summed E-state index contributed by atoms with van der Waals surface area (Å²) in [6, 6.07) is 13.4. The van der Waals surface area contributed by atoms with Crippen molar-refractivity contribution in [3.8, 4) is 0 Å². The Kier molecular flexibility index (Phi) is 5.29. The van der Waals surface area contributed by atoms with Gasteiger partial charge in [0.25, 0.3) is 0 Å². The third-order valence-electron chi connectivity index (χ3n) is 4.39. The number of nitrogens with zero attached hydrogens (tertiary/aromatic N) is 3. The van der Waals surface area contributed by atoms with Crippen molar-refractivity contribution < 1.29 is 4.79 Å². The number of rotatable bonds is 6. The number of nitrogens with one attached hydrogen (secondary N) is 2. The van der Waals surface area contributed by atoms with Gasteiger partial charge in [-0.05, 0) is 54.6 Å². The summed E-state index contributed by atoms with van der Waals surface area (Å²) in [4.78, 5) is 24.3. The van der Waals surface area contributed by atoms with E-state index in [9.17, 15) is 4.79 Å². The van der Waals surface area contributed by atoms with Crippen molar-refractivity contribution in [3.63, 3.8) is 0 Å². The summed E-state index contributed by atoms with van der Waals surface area (Å²) in [5, 5.41) is 8.20. The van der Waals surface area contributed by atoms with Gasteiger partial charge in [-0.1, -0.05) is 6.07 Å². The molecule has 0 unspecified atom stereocenters. The Morgan fingerprint density at radius 3 is 2.59 bits per heavy atom. The first kappa shape index (κ1) is 17.5. The number of amides is 1. The molecule has 3 heterocycles. The second kappa shape index (κ2) is 8.18. The maximum atomic E-state index is 12.1. The van der Waals surface area contributed by atoms with Gasteiger partial charge in [0.05, 0.1) is 6.42 Å². The summed E-state index contributed by atoms with van der Waals surface area (Å²) in [6.07, 6.45) is 4.57. The molecule has 2 N–H and O–H groups in total. The number of hydrogen-bond acceptors (Lipinski definition) is 6. The lowest BCUT2D eigenvalue weighted by Gasteiger charge is -2.15. The van der Waals surface area contributed by atoms with Crippen LogP contribution in [0.1, 0.15) is 17.7 Å². The third kappa shape index (κ3) is 4.62. The zero-order chi connectivity index (χ0) is 18.5. The zero-order valence-electron chi connectivity index (χ0n) is 14.9. The molecule has 4 rings (SSSR count). The fourth-order valence-corrected chi connectivity index (χ4v) is 3.75. The van der Waals surface area contributed by atoms with Gasteiger partial charge < -0.3 is 15.5 Å². The lowest BCUT2D eigenvalue weighted by molar-refractivity contribution is -0.115. The predicted molar refractivity (Wildman–Crippen MR) is 110 cm³/mol. The molecule has 27 heavy (non-hydrogen) atoms. The van der Waals surface area contributed by atoms with Crippen molar-refractivity contribution in [2.75, 3.05) is 28.6 Å². The van der Waals surface area contributed by atoms with E-state index >= 15 is 0 Å². The van der Waals surface area contributed by atoms with Crippen molar-refractivity contribution in [2.45, 2.75) is 19.3 Å². The average molecular weight is 379 g/mol. The molecule has 1 aromatic carbocycles. The molecule has 0 radical (unpaired) electrons. The van der Waals surface area contributed by atoms with E-state index in [2.05, 4.69) is 25.5 Å². The van der Waals surface area contributed by atoms with Crippen LogP contribution in [0.25, 0.3) is 0 Å². The van der Waals surface area contributed by atoms with Gasteiger partial charge in [0.1, 0.15) is 5.82 Å². The maximum absolute atomic E-state index is 12.1. The Hall–Kier alpha value is -2.93. The van der Waals surface area contributed by atoms with Crippen LogP contribution >= 0.6 is 11.3 Å².